The van der Waals surface area contributed by atoms with E-state index < -0.39 is 5.97 Å². The molecule has 0 saturated carbocycles. The third kappa shape index (κ3) is 2.49. The number of halogens is 1. The van der Waals surface area contributed by atoms with E-state index in [0.717, 1.165) is 17.1 Å². The molecule has 1 heterocycles. The van der Waals surface area contributed by atoms with Crippen LogP contribution in [0.5, 0.6) is 5.75 Å². The summed E-state index contributed by atoms with van der Waals surface area (Å²) in [5.74, 6) is 0.294. The first-order chi connectivity index (χ1) is 9.08. The van der Waals surface area contributed by atoms with Crippen molar-refractivity contribution in [3.8, 4) is 11.4 Å². The Balaban J connectivity index is 2.47. The van der Waals surface area contributed by atoms with Gasteiger partial charge in [-0.05, 0) is 47.1 Å². The van der Waals surface area contributed by atoms with Gasteiger partial charge in [0.15, 0.2) is 5.69 Å². The minimum Gasteiger partial charge on any atom is -0.497 e. The van der Waals surface area contributed by atoms with Crippen LogP contribution in [0.25, 0.3) is 5.69 Å². The Labute approximate surface area is 119 Å². The molecule has 0 aliphatic heterocycles. The maximum absolute atomic E-state index is 11.6. The summed E-state index contributed by atoms with van der Waals surface area (Å²) in [5, 5.41) is 4.26. The molecule has 1 aromatic heterocycles. The molecular weight excluding hydrogens is 312 g/mol. The van der Waals surface area contributed by atoms with Gasteiger partial charge < -0.3 is 9.47 Å². The van der Waals surface area contributed by atoms with Crippen LogP contribution in [0.15, 0.2) is 28.7 Å². The molecule has 0 spiro atoms. The highest BCUT2D eigenvalue weighted by atomic mass is 79.9. The second kappa shape index (κ2) is 5.44. The standard InChI is InChI=1S/C13H13BrN2O3/c1-8-11(14)12(13(17)19-3)15-16(8)9-4-6-10(18-2)7-5-9/h4-7H,1-3H3. The van der Waals surface area contributed by atoms with Crippen LogP contribution in [-0.4, -0.2) is 30.0 Å². The first kappa shape index (κ1) is 13.6. The predicted octanol–water partition coefficient (Wildman–Crippen LogP) is 2.74. The Morgan fingerprint density at radius 1 is 1.26 bits per heavy atom. The highest BCUT2D eigenvalue weighted by molar-refractivity contribution is 9.10. The van der Waals surface area contributed by atoms with E-state index in [1.54, 1.807) is 11.8 Å². The quantitative estimate of drug-likeness (QED) is 0.814. The molecule has 6 heteroatoms. The molecule has 0 N–H and O–H groups in total. The molecule has 5 nitrogen and oxygen atoms in total. The third-order valence-electron chi connectivity index (χ3n) is 2.74. The van der Waals surface area contributed by atoms with Crippen molar-refractivity contribution in [3.63, 3.8) is 0 Å². The van der Waals surface area contributed by atoms with Crippen molar-refractivity contribution in [2.45, 2.75) is 6.92 Å². The molecule has 0 aliphatic rings. The topological polar surface area (TPSA) is 53.3 Å². The molecule has 0 atom stereocenters. The van der Waals surface area contributed by atoms with Gasteiger partial charge in [0.25, 0.3) is 0 Å². The number of benzene rings is 1. The van der Waals surface area contributed by atoms with E-state index >= 15 is 0 Å². The molecule has 0 unspecified atom stereocenters. The number of ether oxygens (including phenoxy) is 2. The largest absolute Gasteiger partial charge is 0.497 e. The van der Waals surface area contributed by atoms with Crippen molar-refractivity contribution in [2.24, 2.45) is 0 Å². The first-order valence-electron chi connectivity index (χ1n) is 5.56. The Kier molecular flexibility index (Phi) is 3.90. The SMILES string of the molecule is COC(=O)c1nn(-c2ccc(OC)cc2)c(C)c1Br. The van der Waals surface area contributed by atoms with Crippen LogP contribution in [0.3, 0.4) is 0 Å². The van der Waals surface area contributed by atoms with Crippen LogP contribution in [-0.2, 0) is 4.74 Å². The minimum absolute atomic E-state index is 0.260. The van der Waals surface area contributed by atoms with Gasteiger partial charge in [-0.15, -0.1) is 0 Å². The number of carbonyl (C=O) groups is 1. The molecule has 2 aromatic rings. The molecule has 1 aromatic carbocycles. The summed E-state index contributed by atoms with van der Waals surface area (Å²) in [6.07, 6.45) is 0. The van der Waals surface area contributed by atoms with Crippen molar-refractivity contribution in [1.82, 2.24) is 9.78 Å². The summed E-state index contributed by atoms with van der Waals surface area (Å²) in [6.45, 7) is 1.87. The van der Waals surface area contributed by atoms with Gasteiger partial charge in [-0.1, -0.05) is 0 Å². The Hall–Kier alpha value is -1.82. The van der Waals surface area contributed by atoms with E-state index in [4.69, 9.17) is 9.47 Å². The summed E-state index contributed by atoms with van der Waals surface area (Å²) in [5.41, 5.74) is 1.93. The lowest BCUT2D eigenvalue weighted by atomic mass is 10.3. The van der Waals surface area contributed by atoms with Gasteiger partial charge in [0.2, 0.25) is 0 Å². The second-order valence-corrected chi connectivity index (χ2v) is 4.64. The molecule has 2 rings (SSSR count). The van der Waals surface area contributed by atoms with Crippen LogP contribution >= 0.6 is 15.9 Å². The highest BCUT2D eigenvalue weighted by Gasteiger charge is 2.20. The number of esters is 1. The van der Waals surface area contributed by atoms with E-state index in [-0.39, 0.29) is 5.69 Å². The number of nitrogens with zero attached hydrogens (tertiary/aromatic N) is 2. The monoisotopic (exact) mass is 324 g/mol. The van der Waals surface area contributed by atoms with Crippen LogP contribution in [0.2, 0.25) is 0 Å². The fourth-order valence-corrected chi connectivity index (χ4v) is 2.09. The van der Waals surface area contributed by atoms with E-state index in [0.29, 0.717) is 4.47 Å². The summed E-state index contributed by atoms with van der Waals surface area (Å²) < 4.78 is 12.1. The van der Waals surface area contributed by atoms with E-state index in [9.17, 15) is 4.79 Å². The number of carbonyl (C=O) groups excluding carboxylic acids is 1. The number of hydrogen-bond acceptors (Lipinski definition) is 4. The van der Waals surface area contributed by atoms with E-state index in [1.165, 1.54) is 7.11 Å². The molecule has 0 fully saturated rings. The molecule has 0 radical (unpaired) electrons. The lowest BCUT2D eigenvalue weighted by Crippen LogP contribution is -2.04. The summed E-state index contributed by atoms with van der Waals surface area (Å²) in [4.78, 5) is 11.6. The summed E-state index contributed by atoms with van der Waals surface area (Å²) >= 11 is 3.36. The number of rotatable bonds is 3. The smallest absolute Gasteiger partial charge is 0.359 e. The number of hydrogen-bond donors (Lipinski definition) is 0. The number of methoxy groups -OCH3 is 2. The van der Waals surface area contributed by atoms with Crippen LogP contribution < -0.4 is 4.74 Å². The average molecular weight is 325 g/mol. The van der Waals surface area contributed by atoms with E-state index in [1.807, 2.05) is 31.2 Å². The van der Waals surface area contributed by atoms with Crippen LogP contribution in [0, 0.1) is 6.92 Å². The van der Waals surface area contributed by atoms with Crippen molar-refractivity contribution < 1.29 is 14.3 Å². The van der Waals surface area contributed by atoms with Gasteiger partial charge in [0.1, 0.15) is 5.75 Å². The van der Waals surface area contributed by atoms with Gasteiger partial charge in [-0.2, -0.15) is 5.10 Å². The van der Waals surface area contributed by atoms with Gasteiger partial charge in [-0.25, -0.2) is 9.48 Å². The zero-order valence-electron chi connectivity index (χ0n) is 10.8. The lowest BCUT2D eigenvalue weighted by Gasteiger charge is -2.05. The zero-order chi connectivity index (χ0) is 14.0. The molecule has 19 heavy (non-hydrogen) atoms. The maximum atomic E-state index is 11.6. The fourth-order valence-electron chi connectivity index (χ4n) is 1.69. The number of aromatic nitrogens is 2. The maximum Gasteiger partial charge on any atom is 0.359 e. The lowest BCUT2D eigenvalue weighted by molar-refractivity contribution is 0.0592. The van der Waals surface area contributed by atoms with Crippen molar-refractivity contribution >= 4 is 21.9 Å². The van der Waals surface area contributed by atoms with Gasteiger partial charge >= 0.3 is 5.97 Å². The molecular formula is C13H13BrN2O3. The zero-order valence-corrected chi connectivity index (χ0v) is 12.4. The third-order valence-corrected chi connectivity index (χ3v) is 3.69. The highest BCUT2D eigenvalue weighted by Crippen LogP contribution is 2.25. The molecule has 100 valence electrons. The Morgan fingerprint density at radius 3 is 2.42 bits per heavy atom. The van der Waals surface area contributed by atoms with Crippen LogP contribution in [0.1, 0.15) is 16.2 Å². The minimum atomic E-state index is -0.470. The van der Waals surface area contributed by atoms with Gasteiger partial charge in [-0.3, -0.25) is 0 Å². The second-order valence-electron chi connectivity index (χ2n) is 3.85. The van der Waals surface area contributed by atoms with Crippen molar-refractivity contribution in [2.75, 3.05) is 14.2 Å². The average Bonchev–Trinajstić information content (AvgIpc) is 2.75. The van der Waals surface area contributed by atoms with Crippen LogP contribution in [0.4, 0.5) is 0 Å². The first-order valence-corrected chi connectivity index (χ1v) is 6.35. The van der Waals surface area contributed by atoms with Crippen molar-refractivity contribution in [1.29, 1.82) is 0 Å². The summed E-state index contributed by atoms with van der Waals surface area (Å²) in [7, 11) is 2.94. The predicted molar refractivity (Wildman–Crippen MR) is 73.9 cm³/mol. The molecule has 0 bridgehead atoms. The molecule has 0 amide bonds. The molecule has 0 saturated heterocycles. The van der Waals surface area contributed by atoms with E-state index in [2.05, 4.69) is 21.0 Å². The Bertz CT molecular complexity index is 605. The fraction of sp³-hybridized carbons (Fsp3) is 0.231. The van der Waals surface area contributed by atoms with Gasteiger partial charge in [0, 0.05) is 0 Å². The Morgan fingerprint density at radius 2 is 1.89 bits per heavy atom. The van der Waals surface area contributed by atoms with Crippen molar-refractivity contribution in [3.05, 3.63) is 40.1 Å². The normalized spacial score (nSPS) is 10.3. The summed E-state index contributed by atoms with van der Waals surface area (Å²) in [6, 6.07) is 7.41. The molecule has 0 aliphatic carbocycles. The van der Waals surface area contributed by atoms with Gasteiger partial charge in [0.05, 0.1) is 30.1 Å².